The number of nitrogens with one attached hydrogen (secondary N) is 1. The molecule has 2 amide bonds. The van der Waals surface area contributed by atoms with E-state index in [1.807, 2.05) is 25.7 Å². The van der Waals surface area contributed by atoms with Gasteiger partial charge in [0.1, 0.15) is 17.3 Å². The molecule has 2 saturated heterocycles. The number of carbonyl (C=O) groups excluding carboxylic acids is 2. The highest BCUT2D eigenvalue weighted by atomic mass is 16.6. The topological polar surface area (TPSA) is 90.0 Å². The number of hydrogen-bond donors (Lipinski definition) is 1. The second-order valence-electron chi connectivity index (χ2n) is 7.98. The number of ether oxygens (including phenoxy) is 2. The molecule has 0 radical (unpaired) electrons. The Bertz CT molecular complexity index is 689. The number of hydroxylamine groups is 1. The second kappa shape index (κ2) is 7.72. The molecule has 2 aliphatic rings. The van der Waals surface area contributed by atoms with Crippen LogP contribution < -0.4 is 10.2 Å². The van der Waals surface area contributed by atoms with Gasteiger partial charge in [-0.2, -0.15) is 0 Å². The molecule has 1 aromatic rings. The third-order valence-corrected chi connectivity index (χ3v) is 4.78. The molecule has 2 fully saturated rings. The van der Waals surface area contributed by atoms with Crippen LogP contribution in [0.2, 0.25) is 0 Å². The first kappa shape index (κ1) is 19.4. The van der Waals surface area contributed by atoms with Crippen LogP contribution in [0.3, 0.4) is 0 Å². The summed E-state index contributed by atoms with van der Waals surface area (Å²) in [6.45, 7) is 5.61. The van der Waals surface area contributed by atoms with E-state index < -0.39 is 11.5 Å². The van der Waals surface area contributed by atoms with Crippen molar-refractivity contribution in [1.29, 1.82) is 0 Å². The van der Waals surface area contributed by atoms with Gasteiger partial charge < -0.3 is 14.4 Å². The number of amides is 2. The lowest BCUT2D eigenvalue weighted by atomic mass is 10.00. The molecule has 2 aliphatic heterocycles. The summed E-state index contributed by atoms with van der Waals surface area (Å²) in [7, 11) is 1.37. The third-order valence-electron chi connectivity index (χ3n) is 4.78. The Kier molecular flexibility index (Phi) is 5.55. The number of rotatable bonds is 4. The van der Waals surface area contributed by atoms with E-state index in [0.29, 0.717) is 18.4 Å². The van der Waals surface area contributed by atoms with E-state index in [4.69, 9.17) is 9.47 Å². The number of piperidine rings is 1. The Morgan fingerprint density at radius 2 is 1.89 bits per heavy atom. The molecular weight excluding hydrogens is 350 g/mol. The molecule has 1 aromatic heterocycles. The van der Waals surface area contributed by atoms with Gasteiger partial charge in [-0.25, -0.2) is 15.3 Å². The SMILES string of the molecule is CONC(=O)c1cccnc1OC1CC2CC[C@H](C1)N2C(=O)OC(C)(C)C. The van der Waals surface area contributed by atoms with Gasteiger partial charge in [0.25, 0.3) is 5.91 Å². The summed E-state index contributed by atoms with van der Waals surface area (Å²) in [4.78, 5) is 35.4. The van der Waals surface area contributed by atoms with Crippen molar-refractivity contribution in [1.82, 2.24) is 15.4 Å². The van der Waals surface area contributed by atoms with Crippen LogP contribution in [0.1, 0.15) is 56.8 Å². The summed E-state index contributed by atoms with van der Waals surface area (Å²) in [5, 5.41) is 0. The standard InChI is InChI=1S/C19H27N3O5/c1-19(2,3)27-18(24)22-12-7-8-13(22)11-14(10-12)26-17-15(6-5-9-20-17)16(23)21-25-4/h5-6,9,12-14H,7-8,10-11H2,1-4H3,(H,21,23)/t12-,13?,14?/m1/s1. The minimum absolute atomic E-state index is 0.0866. The summed E-state index contributed by atoms with van der Waals surface area (Å²) in [6.07, 6.45) is 4.47. The van der Waals surface area contributed by atoms with E-state index in [0.717, 1.165) is 12.8 Å². The molecule has 0 spiro atoms. The van der Waals surface area contributed by atoms with Crippen molar-refractivity contribution >= 4 is 12.0 Å². The highest BCUT2D eigenvalue weighted by Gasteiger charge is 2.45. The molecule has 2 unspecified atom stereocenters. The maximum Gasteiger partial charge on any atom is 0.410 e. The first-order valence-electron chi connectivity index (χ1n) is 9.25. The fourth-order valence-electron chi connectivity index (χ4n) is 3.80. The quantitative estimate of drug-likeness (QED) is 0.812. The van der Waals surface area contributed by atoms with Gasteiger partial charge in [-0.05, 0) is 45.7 Å². The van der Waals surface area contributed by atoms with Crippen molar-refractivity contribution in [2.45, 2.75) is 70.2 Å². The molecule has 148 valence electrons. The maximum absolute atomic E-state index is 12.5. The van der Waals surface area contributed by atoms with Crippen molar-refractivity contribution in [3.05, 3.63) is 23.9 Å². The number of carbonyl (C=O) groups is 2. The fraction of sp³-hybridized carbons (Fsp3) is 0.632. The molecule has 3 atom stereocenters. The molecule has 0 saturated carbocycles. The van der Waals surface area contributed by atoms with E-state index in [2.05, 4.69) is 15.3 Å². The van der Waals surface area contributed by atoms with Crippen molar-refractivity contribution in [3.8, 4) is 5.88 Å². The van der Waals surface area contributed by atoms with Gasteiger partial charge in [0.15, 0.2) is 0 Å². The van der Waals surface area contributed by atoms with Gasteiger partial charge in [0.05, 0.1) is 7.11 Å². The minimum Gasteiger partial charge on any atom is -0.474 e. The lowest BCUT2D eigenvalue weighted by molar-refractivity contribution is -0.00771. The van der Waals surface area contributed by atoms with Gasteiger partial charge in [0, 0.05) is 31.1 Å². The number of aromatic nitrogens is 1. The first-order chi connectivity index (χ1) is 12.8. The Hall–Kier alpha value is -2.35. The molecule has 2 bridgehead atoms. The summed E-state index contributed by atoms with van der Waals surface area (Å²) < 4.78 is 11.6. The zero-order chi connectivity index (χ0) is 19.6. The fourth-order valence-corrected chi connectivity index (χ4v) is 3.80. The minimum atomic E-state index is -0.512. The van der Waals surface area contributed by atoms with Crippen LogP contribution in [0.5, 0.6) is 5.88 Å². The van der Waals surface area contributed by atoms with Gasteiger partial charge in [-0.15, -0.1) is 0 Å². The summed E-state index contributed by atoms with van der Waals surface area (Å²) in [5.41, 5.74) is 2.09. The second-order valence-corrected chi connectivity index (χ2v) is 7.98. The van der Waals surface area contributed by atoms with E-state index in [1.165, 1.54) is 7.11 Å². The Morgan fingerprint density at radius 3 is 2.48 bits per heavy atom. The van der Waals surface area contributed by atoms with Gasteiger partial charge >= 0.3 is 6.09 Å². The van der Waals surface area contributed by atoms with Gasteiger partial charge in [-0.1, -0.05) is 0 Å². The zero-order valence-corrected chi connectivity index (χ0v) is 16.2. The van der Waals surface area contributed by atoms with Crippen LogP contribution >= 0.6 is 0 Å². The van der Waals surface area contributed by atoms with Crippen LogP contribution in [-0.4, -0.2) is 52.8 Å². The van der Waals surface area contributed by atoms with Crippen LogP contribution in [0.15, 0.2) is 18.3 Å². The molecule has 3 heterocycles. The highest BCUT2D eigenvalue weighted by Crippen LogP contribution is 2.38. The average molecular weight is 377 g/mol. The monoisotopic (exact) mass is 377 g/mol. The molecule has 3 rings (SSSR count). The summed E-state index contributed by atoms with van der Waals surface area (Å²) in [6, 6.07) is 3.49. The zero-order valence-electron chi connectivity index (χ0n) is 16.2. The van der Waals surface area contributed by atoms with Crippen LogP contribution in [-0.2, 0) is 9.57 Å². The third kappa shape index (κ3) is 4.50. The lowest BCUT2D eigenvalue weighted by Gasteiger charge is -2.39. The average Bonchev–Trinajstić information content (AvgIpc) is 2.85. The van der Waals surface area contributed by atoms with Gasteiger partial charge in [0.2, 0.25) is 5.88 Å². The normalized spacial score (nSPS) is 24.4. The number of nitrogens with zero attached hydrogens (tertiary/aromatic N) is 2. The summed E-state index contributed by atoms with van der Waals surface area (Å²) in [5.74, 6) is -0.128. The number of hydrogen-bond acceptors (Lipinski definition) is 6. The van der Waals surface area contributed by atoms with Crippen LogP contribution in [0.25, 0.3) is 0 Å². The Morgan fingerprint density at radius 1 is 1.22 bits per heavy atom. The van der Waals surface area contributed by atoms with Crippen LogP contribution in [0, 0.1) is 0 Å². The molecule has 8 nitrogen and oxygen atoms in total. The van der Waals surface area contributed by atoms with E-state index in [9.17, 15) is 9.59 Å². The van der Waals surface area contributed by atoms with Crippen molar-refractivity contribution < 1.29 is 23.9 Å². The molecule has 0 aromatic carbocycles. The molecule has 27 heavy (non-hydrogen) atoms. The Labute approximate surface area is 159 Å². The van der Waals surface area contributed by atoms with Crippen molar-refractivity contribution in [2.24, 2.45) is 0 Å². The van der Waals surface area contributed by atoms with Crippen molar-refractivity contribution in [3.63, 3.8) is 0 Å². The smallest absolute Gasteiger partial charge is 0.410 e. The largest absolute Gasteiger partial charge is 0.474 e. The molecule has 1 N–H and O–H groups in total. The number of fused-ring (bicyclic) bond motifs is 2. The Balaban J connectivity index is 1.68. The molecule has 0 aliphatic carbocycles. The van der Waals surface area contributed by atoms with E-state index in [-0.39, 0.29) is 30.2 Å². The molecule has 8 heteroatoms. The van der Waals surface area contributed by atoms with E-state index >= 15 is 0 Å². The van der Waals surface area contributed by atoms with Crippen LogP contribution in [0.4, 0.5) is 4.79 Å². The van der Waals surface area contributed by atoms with Crippen molar-refractivity contribution in [2.75, 3.05) is 7.11 Å². The maximum atomic E-state index is 12.5. The summed E-state index contributed by atoms with van der Waals surface area (Å²) >= 11 is 0. The number of pyridine rings is 1. The van der Waals surface area contributed by atoms with Gasteiger partial charge in [-0.3, -0.25) is 9.63 Å². The highest BCUT2D eigenvalue weighted by molar-refractivity contribution is 5.95. The molecular formula is C19H27N3O5. The predicted molar refractivity (Wildman–Crippen MR) is 97.2 cm³/mol. The lowest BCUT2D eigenvalue weighted by Crippen LogP contribution is -2.50. The predicted octanol–water partition coefficient (Wildman–Crippen LogP) is 2.68. The van der Waals surface area contributed by atoms with E-state index in [1.54, 1.807) is 18.3 Å². The first-order valence-corrected chi connectivity index (χ1v) is 9.25.